The zero-order valence-electron chi connectivity index (χ0n) is 8.31. The Morgan fingerprint density at radius 1 is 1.25 bits per heavy atom. The quantitative estimate of drug-likeness (QED) is 0.827. The van der Waals surface area contributed by atoms with Crippen molar-refractivity contribution in [2.24, 2.45) is 0 Å². The van der Waals surface area contributed by atoms with E-state index in [1.807, 2.05) is 19.1 Å². The van der Waals surface area contributed by atoms with Gasteiger partial charge in [-0.2, -0.15) is 4.37 Å². The van der Waals surface area contributed by atoms with Crippen LogP contribution in [0.3, 0.4) is 0 Å². The van der Waals surface area contributed by atoms with E-state index < -0.39 is 5.43 Å². The molecule has 82 valence electrons. The van der Waals surface area contributed by atoms with Crippen LogP contribution < -0.4 is 10.2 Å². The molecule has 6 heteroatoms. The molecule has 2 aromatic rings. The maximum atomic E-state index is 11.5. The molecule has 0 saturated carbocycles. The minimum absolute atomic E-state index is 0.0474. The van der Waals surface area contributed by atoms with Gasteiger partial charge in [0.05, 0.1) is 11.7 Å². The average Bonchev–Trinajstić information content (AvgIpc) is 2.28. The van der Waals surface area contributed by atoms with Crippen LogP contribution in [0.4, 0.5) is 0 Å². The predicted octanol–water partition coefficient (Wildman–Crippen LogP) is 2.65. The van der Waals surface area contributed by atoms with Gasteiger partial charge in [0.15, 0.2) is 5.15 Å². The van der Waals surface area contributed by atoms with Crippen molar-refractivity contribution in [3.05, 3.63) is 45.2 Å². The van der Waals surface area contributed by atoms with E-state index in [1.165, 1.54) is 0 Å². The van der Waals surface area contributed by atoms with Gasteiger partial charge >= 0.3 is 0 Å². The molecule has 16 heavy (non-hydrogen) atoms. The Balaban J connectivity index is 2.31. The molecule has 0 N–H and O–H groups in total. The lowest BCUT2D eigenvalue weighted by Gasteiger charge is -2.02. The molecule has 0 atom stereocenters. The molecule has 0 amide bonds. The van der Waals surface area contributed by atoms with Gasteiger partial charge in [-0.05, 0) is 19.1 Å². The summed E-state index contributed by atoms with van der Waals surface area (Å²) >= 11 is 6.41. The van der Waals surface area contributed by atoms with Gasteiger partial charge in [-0.25, -0.2) is 0 Å². The lowest BCUT2D eigenvalue weighted by atomic mass is 10.2. The fourth-order valence-electron chi connectivity index (χ4n) is 1.05. The molecule has 0 spiro atoms. The third-order valence-electron chi connectivity index (χ3n) is 1.86. The SMILES string of the molecule is Cc1ccc(Oc2nsnc(Cl)c2=O)cc1. The fourth-order valence-corrected chi connectivity index (χ4v) is 1.61. The van der Waals surface area contributed by atoms with Gasteiger partial charge in [0.2, 0.25) is 0 Å². The van der Waals surface area contributed by atoms with Gasteiger partial charge < -0.3 is 4.74 Å². The van der Waals surface area contributed by atoms with Gasteiger partial charge in [0.25, 0.3) is 11.3 Å². The van der Waals surface area contributed by atoms with Crippen LogP contribution in [0, 0.1) is 6.92 Å². The van der Waals surface area contributed by atoms with Crippen LogP contribution in [0.1, 0.15) is 5.56 Å². The summed E-state index contributed by atoms with van der Waals surface area (Å²) in [6.07, 6.45) is 0. The fraction of sp³-hybridized carbons (Fsp3) is 0.100. The van der Waals surface area contributed by atoms with Crippen LogP contribution in [0.5, 0.6) is 11.6 Å². The van der Waals surface area contributed by atoms with Crippen molar-refractivity contribution < 1.29 is 4.74 Å². The molecule has 1 aromatic heterocycles. The standard InChI is InChI=1S/C10H7ClN2O2S/c1-6-2-4-7(5-3-6)15-10-8(14)9(11)12-16-13-10/h2-5H,1H3. The Labute approximate surface area is 101 Å². The molecule has 4 nitrogen and oxygen atoms in total. The summed E-state index contributed by atoms with van der Waals surface area (Å²) in [6, 6.07) is 7.28. The Bertz CT molecular complexity index is 553. The molecular formula is C10H7ClN2O2S. The van der Waals surface area contributed by atoms with E-state index in [2.05, 4.69) is 8.75 Å². The summed E-state index contributed by atoms with van der Waals surface area (Å²) in [4.78, 5) is 11.5. The molecule has 0 fully saturated rings. The maximum absolute atomic E-state index is 11.5. The molecule has 0 aliphatic carbocycles. The minimum Gasteiger partial charge on any atom is -0.435 e. The zero-order valence-corrected chi connectivity index (χ0v) is 9.88. The first-order chi connectivity index (χ1) is 7.66. The monoisotopic (exact) mass is 254 g/mol. The number of rotatable bonds is 2. The van der Waals surface area contributed by atoms with Crippen molar-refractivity contribution >= 4 is 23.3 Å². The van der Waals surface area contributed by atoms with Crippen molar-refractivity contribution in [3.8, 4) is 11.6 Å². The smallest absolute Gasteiger partial charge is 0.283 e. The summed E-state index contributed by atoms with van der Waals surface area (Å²) < 4.78 is 12.7. The summed E-state index contributed by atoms with van der Waals surface area (Å²) in [5, 5.41) is -0.123. The summed E-state index contributed by atoms with van der Waals surface area (Å²) in [5.41, 5.74) is 0.610. The predicted molar refractivity (Wildman–Crippen MR) is 62.4 cm³/mol. The highest BCUT2D eigenvalue weighted by Crippen LogP contribution is 2.17. The lowest BCUT2D eigenvalue weighted by Crippen LogP contribution is -2.07. The third kappa shape index (κ3) is 2.37. The molecule has 2 rings (SSSR count). The van der Waals surface area contributed by atoms with Crippen LogP contribution in [0.15, 0.2) is 29.1 Å². The second-order valence-electron chi connectivity index (χ2n) is 3.10. The lowest BCUT2D eigenvalue weighted by molar-refractivity contribution is 0.462. The number of hydrogen-bond donors (Lipinski definition) is 0. The number of aryl methyl sites for hydroxylation is 1. The van der Waals surface area contributed by atoms with E-state index in [0.29, 0.717) is 5.75 Å². The van der Waals surface area contributed by atoms with Crippen molar-refractivity contribution in [3.63, 3.8) is 0 Å². The highest BCUT2D eigenvalue weighted by molar-refractivity contribution is 6.99. The molecule has 0 radical (unpaired) electrons. The zero-order chi connectivity index (χ0) is 11.5. The summed E-state index contributed by atoms with van der Waals surface area (Å²) in [5.74, 6) is 0.499. The Kier molecular flexibility index (Phi) is 3.17. The van der Waals surface area contributed by atoms with Crippen LogP contribution in [-0.2, 0) is 0 Å². The molecular weight excluding hydrogens is 248 g/mol. The van der Waals surface area contributed by atoms with Crippen LogP contribution >= 0.6 is 23.3 Å². The number of nitrogens with zero attached hydrogens (tertiary/aromatic N) is 2. The number of ether oxygens (including phenoxy) is 1. The molecule has 0 aliphatic rings. The highest BCUT2D eigenvalue weighted by atomic mass is 35.5. The van der Waals surface area contributed by atoms with Crippen molar-refractivity contribution in [1.29, 1.82) is 0 Å². The second-order valence-corrected chi connectivity index (χ2v) is 3.99. The topological polar surface area (TPSA) is 52.1 Å². The minimum atomic E-state index is -0.499. The Hall–Kier alpha value is -1.46. The summed E-state index contributed by atoms with van der Waals surface area (Å²) in [6.45, 7) is 1.96. The van der Waals surface area contributed by atoms with Crippen LogP contribution in [-0.4, -0.2) is 8.75 Å². The first kappa shape index (κ1) is 11.0. The van der Waals surface area contributed by atoms with E-state index >= 15 is 0 Å². The van der Waals surface area contributed by atoms with E-state index in [1.54, 1.807) is 12.1 Å². The molecule has 1 heterocycles. The van der Waals surface area contributed by atoms with E-state index in [-0.39, 0.29) is 11.0 Å². The first-order valence-corrected chi connectivity index (χ1v) is 5.54. The van der Waals surface area contributed by atoms with Gasteiger partial charge in [-0.1, -0.05) is 29.3 Å². The van der Waals surface area contributed by atoms with Crippen molar-refractivity contribution in [2.45, 2.75) is 6.92 Å². The van der Waals surface area contributed by atoms with E-state index in [9.17, 15) is 4.79 Å². The van der Waals surface area contributed by atoms with Crippen LogP contribution in [0.25, 0.3) is 0 Å². The number of aromatic nitrogens is 2. The van der Waals surface area contributed by atoms with Gasteiger partial charge in [0, 0.05) is 0 Å². The second kappa shape index (κ2) is 4.59. The maximum Gasteiger partial charge on any atom is 0.283 e. The number of halogens is 1. The first-order valence-electron chi connectivity index (χ1n) is 4.44. The van der Waals surface area contributed by atoms with Gasteiger partial charge in [-0.3, -0.25) is 4.79 Å². The van der Waals surface area contributed by atoms with Crippen LogP contribution in [0.2, 0.25) is 5.15 Å². The van der Waals surface area contributed by atoms with Gasteiger partial charge in [0.1, 0.15) is 5.75 Å². The normalized spacial score (nSPS) is 10.1. The van der Waals surface area contributed by atoms with Crippen molar-refractivity contribution in [1.82, 2.24) is 8.75 Å². The molecule has 1 aromatic carbocycles. The molecule has 0 aliphatic heterocycles. The molecule has 0 unspecified atom stereocenters. The van der Waals surface area contributed by atoms with E-state index in [0.717, 1.165) is 17.3 Å². The number of benzene rings is 1. The Morgan fingerprint density at radius 3 is 2.62 bits per heavy atom. The highest BCUT2D eigenvalue weighted by Gasteiger charge is 2.08. The largest absolute Gasteiger partial charge is 0.435 e. The molecule has 0 bridgehead atoms. The van der Waals surface area contributed by atoms with Crippen molar-refractivity contribution in [2.75, 3.05) is 0 Å². The Morgan fingerprint density at radius 2 is 1.94 bits per heavy atom. The number of hydrogen-bond acceptors (Lipinski definition) is 5. The average molecular weight is 255 g/mol. The van der Waals surface area contributed by atoms with E-state index in [4.69, 9.17) is 16.3 Å². The summed E-state index contributed by atoms with van der Waals surface area (Å²) in [7, 11) is 0. The third-order valence-corrected chi connectivity index (χ3v) is 2.73. The molecule has 0 saturated heterocycles. The van der Waals surface area contributed by atoms with Gasteiger partial charge in [-0.15, -0.1) is 4.37 Å².